The molecule has 4 nitrogen and oxygen atoms in total. The molecule has 0 atom stereocenters. The van der Waals surface area contributed by atoms with Crippen LogP contribution in [0, 0.1) is 11.3 Å². The second-order valence-corrected chi connectivity index (χ2v) is 3.15. The minimum atomic E-state index is -0.999. The predicted molar refractivity (Wildman–Crippen MR) is 55.5 cm³/mol. The van der Waals surface area contributed by atoms with Crippen molar-refractivity contribution in [1.29, 1.82) is 5.26 Å². The average molecular weight is 204 g/mol. The molecule has 0 saturated heterocycles. The van der Waals surface area contributed by atoms with Crippen LogP contribution in [0.5, 0.6) is 0 Å². The van der Waals surface area contributed by atoms with Crippen LogP contribution in [0.3, 0.4) is 0 Å². The van der Waals surface area contributed by atoms with E-state index in [2.05, 4.69) is 11.4 Å². The molecule has 0 bridgehead atoms. The molecule has 1 rings (SSSR count). The highest BCUT2D eigenvalue weighted by molar-refractivity contribution is 5.64. The van der Waals surface area contributed by atoms with Crippen LogP contribution in [0.25, 0.3) is 0 Å². The third-order valence-electron chi connectivity index (χ3n) is 1.97. The molecule has 1 aromatic carbocycles. The van der Waals surface area contributed by atoms with Crippen LogP contribution in [0.2, 0.25) is 0 Å². The highest BCUT2D eigenvalue weighted by Crippen LogP contribution is 2.06. The second kappa shape index (κ2) is 5.66. The van der Waals surface area contributed by atoms with Gasteiger partial charge in [0.2, 0.25) is 0 Å². The minimum absolute atomic E-state index is 0.437. The molecule has 4 heteroatoms. The molecular formula is C11H12N2O2. The molecule has 0 radical (unpaired) electrons. The van der Waals surface area contributed by atoms with Gasteiger partial charge in [0.1, 0.15) is 0 Å². The van der Waals surface area contributed by atoms with Crippen molar-refractivity contribution in [1.82, 2.24) is 5.32 Å². The molecular weight excluding hydrogens is 192 g/mol. The molecule has 78 valence electrons. The summed E-state index contributed by atoms with van der Waals surface area (Å²) in [5.41, 5.74) is 1.69. The number of hydrogen-bond donors (Lipinski definition) is 2. The van der Waals surface area contributed by atoms with E-state index in [0.29, 0.717) is 12.1 Å². The maximum atomic E-state index is 10.2. The number of carbonyl (C=O) groups is 1. The van der Waals surface area contributed by atoms with Crippen molar-refractivity contribution in [2.75, 3.05) is 6.54 Å². The maximum absolute atomic E-state index is 10.2. The first-order valence-corrected chi connectivity index (χ1v) is 4.68. The van der Waals surface area contributed by atoms with Crippen LogP contribution in [0.15, 0.2) is 24.3 Å². The van der Waals surface area contributed by atoms with Crippen molar-refractivity contribution >= 4 is 6.09 Å². The van der Waals surface area contributed by atoms with E-state index in [-0.39, 0.29) is 0 Å². The fraction of sp³-hybridized carbons (Fsp3) is 0.273. The van der Waals surface area contributed by atoms with Gasteiger partial charge in [-0.1, -0.05) is 12.1 Å². The summed E-state index contributed by atoms with van der Waals surface area (Å²) in [4.78, 5) is 10.2. The number of nitrogens with one attached hydrogen (secondary N) is 1. The van der Waals surface area contributed by atoms with Gasteiger partial charge < -0.3 is 10.4 Å². The quantitative estimate of drug-likeness (QED) is 0.734. The van der Waals surface area contributed by atoms with E-state index in [1.807, 2.05) is 18.2 Å². The lowest BCUT2D eigenvalue weighted by Crippen LogP contribution is -2.22. The molecule has 0 aliphatic rings. The molecule has 0 saturated carbocycles. The van der Waals surface area contributed by atoms with Crippen LogP contribution in [-0.2, 0) is 6.42 Å². The van der Waals surface area contributed by atoms with Gasteiger partial charge in [0, 0.05) is 6.54 Å². The highest BCUT2D eigenvalue weighted by atomic mass is 16.4. The van der Waals surface area contributed by atoms with E-state index < -0.39 is 6.09 Å². The van der Waals surface area contributed by atoms with Gasteiger partial charge in [0.15, 0.2) is 0 Å². The maximum Gasteiger partial charge on any atom is 0.404 e. The molecule has 0 aliphatic carbocycles. The highest BCUT2D eigenvalue weighted by Gasteiger charge is 1.97. The lowest BCUT2D eigenvalue weighted by Gasteiger charge is -2.02. The Labute approximate surface area is 88.2 Å². The first-order chi connectivity index (χ1) is 7.22. The van der Waals surface area contributed by atoms with E-state index in [0.717, 1.165) is 18.4 Å². The summed E-state index contributed by atoms with van der Waals surface area (Å²) >= 11 is 0. The number of nitrogens with zero attached hydrogens (tertiary/aromatic N) is 1. The first kappa shape index (κ1) is 11.1. The minimum Gasteiger partial charge on any atom is -0.465 e. The fourth-order valence-corrected chi connectivity index (χ4v) is 1.28. The molecule has 0 unspecified atom stereocenters. The number of aryl methyl sites for hydroxylation is 1. The molecule has 15 heavy (non-hydrogen) atoms. The number of hydrogen-bond acceptors (Lipinski definition) is 2. The largest absolute Gasteiger partial charge is 0.465 e. The monoisotopic (exact) mass is 204 g/mol. The van der Waals surface area contributed by atoms with E-state index in [9.17, 15) is 4.79 Å². The molecule has 0 aliphatic heterocycles. The van der Waals surface area contributed by atoms with Crippen LogP contribution < -0.4 is 5.32 Å². The van der Waals surface area contributed by atoms with Crippen molar-refractivity contribution in [2.45, 2.75) is 12.8 Å². The molecule has 0 spiro atoms. The third-order valence-corrected chi connectivity index (χ3v) is 1.97. The van der Waals surface area contributed by atoms with E-state index in [1.165, 1.54) is 0 Å². The number of nitriles is 1. The van der Waals surface area contributed by atoms with E-state index in [4.69, 9.17) is 10.4 Å². The van der Waals surface area contributed by atoms with Crippen molar-refractivity contribution in [3.63, 3.8) is 0 Å². The number of amides is 1. The zero-order valence-corrected chi connectivity index (χ0v) is 8.23. The van der Waals surface area contributed by atoms with Crippen LogP contribution >= 0.6 is 0 Å². The Kier molecular flexibility index (Phi) is 4.17. The molecule has 0 aromatic heterocycles. The summed E-state index contributed by atoms with van der Waals surface area (Å²) in [6, 6.07) is 9.40. The van der Waals surface area contributed by atoms with Crippen molar-refractivity contribution < 1.29 is 9.90 Å². The Morgan fingerprint density at radius 1 is 1.53 bits per heavy atom. The summed E-state index contributed by atoms with van der Waals surface area (Å²) in [7, 11) is 0. The molecule has 0 heterocycles. The molecule has 2 N–H and O–H groups in total. The normalized spacial score (nSPS) is 9.27. The molecule has 1 aromatic rings. The number of carboxylic acid groups (broad SMARTS) is 1. The second-order valence-electron chi connectivity index (χ2n) is 3.15. The Morgan fingerprint density at radius 2 is 2.33 bits per heavy atom. The number of rotatable bonds is 4. The Hall–Kier alpha value is -2.02. The van der Waals surface area contributed by atoms with Gasteiger partial charge >= 0.3 is 6.09 Å². The van der Waals surface area contributed by atoms with Gasteiger partial charge in [-0.2, -0.15) is 5.26 Å². The summed E-state index contributed by atoms with van der Waals surface area (Å²) in [5.74, 6) is 0. The van der Waals surface area contributed by atoms with Gasteiger partial charge in [-0.25, -0.2) is 4.79 Å². The Bertz CT molecular complexity index is 382. The van der Waals surface area contributed by atoms with Crippen molar-refractivity contribution in [2.24, 2.45) is 0 Å². The average Bonchev–Trinajstić information content (AvgIpc) is 2.24. The lowest BCUT2D eigenvalue weighted by molar-refractivity contribution is 0.194. The van der Waals surface area contributed by atoms with E-state index in [1.54, 1.807) is 6.07 Å². The van der Waals surface area contributed by atoms with Crippen LogP contribution in [0.1, 0.15) is 17.5 Å². The molecule has 1 amide bonds. The van der Waals surface area contributed by atoms with Crippen LogP contribution in [0.4, 0.5) is 4.79 Å². The predicted octanol–water partition coefficient (Wildman–Crippen LogP) is 1.76. The summed E-state index contributed by atoms with van der Waals surface area (Å²) < 4.78 is 0. The van der Waals surface area contributed by atoms with Gasteiger partial charge in [-0.3, -0.25) is 0 Å². The summed E-state index contributed by atoms with van der Waals surface area (Å²) in [6.07, 6.45) is 0.512. The molecule has 0 fully saturated rings. The zero-order valence-electron chi connectivity index (χ0n) is 8.23. The third kappa shape index (κ3) is 4.14. The van der Waals surface area contributed by atoms with Gasteiger partial charge in [0.25, 0.3) is 0 Å². The standard InChI is InChI=1S/C11H12N2O2/c12-8-10-4-1-3-9(7-10)5-2-6-13-11(14)15/h1,3-4,7,13H,2,5-6H2,(H,14,15). The SMILES string of the molecule is N#Cc1cccc(CCCNC(=O)O)c1. The Balaban J connectivity index is 2.38. The fourth-order valence-electron chi connectivity index (χ4n) is 1.28. The first-order valence-electron chi connectivity index (χ1n) is 4.68. The smallest absolute Gasteiger partial charge is 0.404 e. The van der Waals surface area contributed by atoms with Crippen LogP contribution in [-0.4, -0.2) is 17.7 Å². The van der Waals surface area contributed by atoms with Crippen molar-refractivity contribution in [3.8, 4) is 6.07 Å². The Morgan fingerprint density at radius 3 is 3.00 bits per heavy atom. The van der Waals surface area contributed by atoms with Gasteiger partial charge in [-0.05, 0) is 30.5 Å². The van der Waals surface area contributed by atoms with E-state index >= 15 is 0 Å². The zero-order chi connectivity index (χ0) is 11.1. The summed E-state index contributed by atoms with van der Waals surface area (Å²) in [5, 5.41) is 19.3. The number of benzene rings is 1. The van der Waals surface area contributed by atoms with Crippen molar-refractivity contribution in [3.05, 3.63) is 35.4 Å². The van der Waals surface area contributed by atoms with Gasteiger partial charge in [0.05, 0.1) is 11.6 Å². The topological polar surface area (TPSA) is 73.1 Å². The lowest BCUT2D eigenvalue weighted by atomic mass is 10.1. The summed E-state index contributed by atoms with van der Waals surface area (Å²) in [6.45, 7) is 0.437. The van der Waals surface area contributed by atoms with Gasteiger partial charge in [-0.15, -0.1) is 0 Å².